The summed E-state index contributed by atoms with van der Waals surface area (Å²) in [6.45, 7) is 1.70. The summed E-state index contributed by atoms with van der Waals surface area (Å²) in [6.07, 6.45) is 1.89. The first-order valence-electron chi connectivity index (χ1n) is 7.65. The van der Waals surface area contributed by atoms with E-state index < -0.39 is 0 Å². The van der Waals surface area contributed by atoms with Gasteiger partial charge in [-0.3, -0.25) is 4.79 Å². The number of benzene rings is 2. The van der Waals surface area contributed by atoms with Crippen LogP contribution in [0.25, 0.3) is 10.8 Å². The molecule has 1 aromatic heterocycles. The van der Waals surface area contributed by atoms with E-state index in [9.17, 15) is 4.79 Å². The molecule has 2 N–H and O–H groups in total. The summed E-state index contributed by atoms with van der Waals surface area (Å²) in [5, 5.41) is 1.85. The molecule has 118 valence electrons. The number of aliphatic imine (C=N–C) groups is 1. The lowest BCUT2D eigenvalue weighted by Crippen LogP contribution is -2.17. The van der Waals surface area contributed by atoms with Gasteiger partial charge in [-0.15, -0.1) is 0 Å². The van der Waals surface area contributed by atoms with E-state index in [1.807, 2.05) is 36.4 Å². The Kier molecular flexibility index (Phi) is 3.27. The standard InChI is InChI=1S/C19H15N3O2/c1-11-16(23)10-14-18(8-9-21-19(14)22-11)24-17-7-6-15(20)12-4-2-3-5-13(12)17/h2-9H,10,20H2,1H3. The van der Waals surface area contributed by atoms with Crippen molar-refractivity contribution in [2.45, 2.75) is 13.3 Å². The van der Waals surface area contributed by atoms with Crippen molar-refractivity contribution in [3.05, 3.63) is 54.2 Å². The van der Waals surface area contributed by atoms with E-state index in [-0.39, 0.29) is 12.2 Å². The highest BCUT2D eigenvalue weighted by atomic mass is 16.5. The third-order valence-corrected chi connectivity index (χ3v) is 4.14. The number of nitrogens with zero attached hydrogens (tertiary/aromatic N) is 2. The van der Waals surface area contributed by atoms with E-state index in [1.54, 1.807) is 19.2 Å². The summed E-state index contributed by atoms with van der Waals surface area (Å²) >= 11 is 0. The lowest BCUT2D eigenvalue weighted by atomic mass is 10.0. The highest BCUT2D eigenvalue weighted by Gasteiger charge is 2.22. The number of carbonyl (C=O) groups excluding carboxylic acids is 1. The number of aromatic nitrogens is 1. The molecular weight excluding hydrogens is 302 g/mol. The monoisotopic (exact) mass is 317 g/mol. The van der Waals surface area contributed by atoms with Gasteiger partial charge in [0.15, 0.2) is 11.6 Å². The van der Waals surface area contributed by atoms with Gasteiger partial charge in [0.1, 0.15) is 11.5 Å². The van der Waals surface area contributed by atoms with Gasteiger partial charge in [0, 0.05) is 34.6 Å². The smallest absolute Gasteiger partial charge is 0.181 e. The van der Waals surface area contributed by atoms with Crippen molar-refractivity contribution in [2.24, 2.45) is 4.99 Å². The molecule has 0 radical (unpaired) electrons. The number of anilines is 1. The molecule has 4 rings (SSSR count). The molecule has 24 heavy (non-hydrogen) atoms. The van der Waals surface area contributed by atoms with Crippen LogP contribution in [0.4, 0.5) is 11.5 Å². The topological polar surface area (TPSA) is 77.6 Å². The molecule has 1 aliphatic rings. The fraction of sp³-hybridized carbons (Fsp3) is 0.105. The summed E-state index contributed by atoms with van der Waals surface area (Å²) in [4.78, 5) is 20.5. The third-order valence-electron chi connectivity index (χ3n) is 4.14. The van der Waals surface area contributed by atoms with Gasteiger partial charge in [0.2, 0.25) is 0 Å². The number of rotatable bonds is 2. The molecule has 1 aliphatic heterocycles. The highest BCUT2D eigenvalue weighted by molar-refractivity contribution is 6.40. The minimum Gasteiger partial charge on any atom is -0.456 e. The van der Waals surface area contributed by atoms with Crippen molar-refractivity contribution in [1.29, 1.82) is 0 Å². The second-order valence-corrected chi connectivity index (χ2v) is 5.71. The molecule has 0 aliphatic carbocycles. The van der Waals surface area contributed by atoms with Crippen molar-refractivity contribution in [3.63, 3.8) is 0 Å². The van der Waals surface area contributed by atoms with Crippen LogP contribution in [-0.4, -0.2) is 16.5 Å². The van der Waals surface area contributed by atoms with Gasteiger partial charge in [-0.05, 0) is 25.1 Å². The normalized spacial score (nSPS) is 13.5. The second kappa shape index (κ2) is 5.45. The van der Waals surface area contributed by atoms with Gasteiger partial charge < -0.3 is 10.5 Å². The van der Waals surface area contributed by atoms with Crippen molar-refractivity contribution in [2.75, 3.05) is 5.73 Å². The molecule has 5 heteroatoms. The van der Waals surface area contributed by atoms with Crippen LogP contribution in [0.15, 0.2) is 53.7 Å². The van der Waals surface area contributed by atoms with Crippen molar-refractivity contribution >= 4 is 33.8 Å². The summed E-state index contributed by atoms with van der Waals surface area (Å²) in [5.41, 5.74) is 7.93. The van der Waals surface area contributed by atoms with E-state index in [2.05, 4.69) is 9.98 Å². The number of ether oxygens (including phenoxy) is 1. The summed E-state index contributed by atoms with van der Waals surface area (Å²) in [5.74, 6) is 1.82. The molecule has 2 heterocycles. The van der Waals surface area contributed by atoms with Crippen LogP contribution in [0.2, 0.25) is 0 Å². The maximum atomic E-state index is 12.0. The number of carbonyl (C=O) groups is 1. The number of nitrogens with two attached hydrogens (primary N) is 1. The largest absolute Gasteiger partial charge is 0.456 e. The predicted octanol–water partition coefficient (Wildman–Crippen LogP) is 3.83. The van der Waals surface area contributed by atoms with Crippen LogP contribution < -0.4 is 10.5 Å². The van der Waals surface area contributed by atoms with E-state index >= 15 is 0 Å². The average Bonchev–Trinajstić information content (AvgIpc) is 2.59. The number of pyridine rings is 1. The number of ketones is 1. The minimum absolute atomic E-state index is 0.0116. The Morgan fingerprint density at radius 3 is 2.67 bits per heavy atom. The molecule has 3 aromatic rings. The van der Waals surface area contributed by atoms with Crippen LogP contribution in [0.5, 0.6) is 11.5 Å². The lowest BCUT2D eigenvalue weighted by Gasteiger charge is -2.17. The van der Waals surface area contributed by atoms with Gasteiger partial charge in [0.25, 0.3) is 0 Å². The highest BCUT2D eigenvalue weighted by Crippen LogP contribution is 2.37. The SMILES string of the molecule is CC1=Nc2nccc(Oc3ccc(N)c4ccccc34)c2CC1=O. The van der Waals surface area contributed by atoms with Gasteiger partial charge in [-0.2, -0.15) is 0 Å². The first kappa shape index (κ1) is 14.4. The molecule has 5 nitrogen and oxygen atoms in total. The second-order valence-electron chi connectivity index (χ2n) is 5.71. The molecule has 0 amide bonds. The van der Waals surface area contributed by atoms with Crippen molar-refractivity contribution in [1.82, 2.24) is 4.98 Å². The fourth-order valence-corrected chi connectivity index (χ4v) is 2.83. The summed E-state index contributed by atoms with van der Waals surface area (Å²) in [6, 6.07) is 13.2. The molecule has 0 unspecified atom stereocenters. The molecular formula is C19H15N3O2. The van der Waals surface area contributed by atoms with Crippen LogP contribution in [-0.2, 0) is 11.2 Å². The summed E-state index contributed by atoms with van der Waals surface area (Å²) in [7, 11) is 0. The van der Waals surface area contributed by atoms with Crippen LogP contribution in [0.3, 0.4) is 0 Å². The number of hydrogen-bond donors (Lipinski definition) is 1. The Morgan fingerprint density at radius 2 is 1.83 bits per heavy atom. The Hall–Kier alpha value is -3.21. The zero-order chi connectivity index (χ0) is 16.7. The van der Waals surface area contributed by atoms with Crippen molar-refractivity contribution in [3.8, 4) is 11.5 Å². The quantitative estimate of drug-likeness (QED) is 0.729. The maximum absolute atomic E-state index is 12.0. The van der Waals surface area contributed by atoms with Crippen molar-refractivity contribution < 1.29 is 9.53 Å². The van der Waals surface area contributed by atoms with E-state index in [1.165, 1.54) is 0 Å². The molecule has 0 saturated carbocycles. The number of fused-ring (bicyclic) bond motifs is 2. The van der Waals surface area contributed by atoms with E-state index in [0.717, 1.165) is 10.8 Å². The molecule has 0 atom stereocenters. The van der Waals surface area contributed by atoms with Crippen LogP contribution >= 0.6 is 0 Å². The molecule has 0 bridgehead atoms. The number of Topliss-reactive ketones (excluding diaryl/α,β-unsaturated/α-hetero) is 1. The van der Waals surface area contributed by atoms with Crippen LogP contribution in [0.1, 0.15) is 12.5 Å². The van der Waals surface area contributed by atoms with Gasteiger partial charge >= 0.3 is 0 Å². The lowest BCUT2D eigenvalue weighted by molar-refractivity contribution is -0.112. The predicted molar refractivity (Wildman–Crippen MR) is 94.2 cm³/mol. The Morgan fingerprint density at radius 1 is 1.04 bits per heavy atom. The zero-order valence-corrected chi connectivity index (χ0v) is 13.1. The number of hydrogen-bond acceptors (Lipinski definition) is 5. The molecule has 0 spiro atoms. The average molecular weight is 317 g/mol. The Balaban J connectivity index is 1.82. The third kappa shape index (κ3) is 2.31. The minimum atomic E-state index is -0.0116. The van der Waals surface area contributed by atoms with Gasteiger partial charge in [-0.25, -0.2) is 9.98 Å². The first-order chi connectivity index (χ1) is 11.6. The van der Waals surface area contributed by atoms with Crippen LogP contribution in [0, 0.1) is 0 Å². The molecule has 2 aromatic carbocycles. The Bertz CT molecular complexity index is 1010. The Labute approximate surface area is 138 Å². The van der Waals surface area contributed by atoms with Gasteiger partial charge in [-0.1, -0.05) is 24.3 Å². The first-order valence-corrected chi connectivity index (χ1v) is 7.65. The summed E-state index contributed by atoms with van der Waals surface area (Å²) < 4.78 is 6.11. The van der Waals surface area contributed by atoms with E-state index in [0.29, 0.717) is 34.3 Å². The molecule has 0 fully saturated rings. The van der Waals surface area contributed by atoms with Gasteiger partial charge in [0.05, 0.1) is 5.71 Å². The van der Waals surface area contributed by atoms with E-state index in [4.69, 9.17) is 10.5 Å². The number of nitrogen functional groups attached to an aromatic ring is 1. The molecule has 0 saturated heterocycles. The maximum Gasteiger partial charge on any atom is 0.181 e. The fourth-order valence-electron chi connectivity index (χ4n) is 2.83. The zero-order valence-electron chi connectivity index (χ0n) is 13.1.